The van der Waals surface area contributed by atoms with Crippen molar-refractivity contribution in [1.82, 2.24) is 15.0 Å². The highest BCUT2D eigenvalue weighted by Crippen LogP contribution is 2.06. The topological polar surface area (TPSA) is 88.8 Å². The van der Waals surface area contributed by atoms with Crippen LogP contribution in [0.1, 0.15) is 19.8 Å². The lowest BCUT2D eigenvalue weighted by Gasteiger charge is -2.06. The SMILES string of the molecule is C#CCNc1nc(N)nc(NCCCC)n1. The normalized spacial score (nSPS) is 9.50. The molecule has 1 rings (SSSR count). The van der Waals surface area contributed by atoms with Gasteiger partial charge in [0.1, 0.15) is 0 Å². The second kappa shape index (κ2) is 6.45. The Labute approximate surface area is 95.1 Å². The van der Waals surface area contributed by atoms with Crippen molar-refractivity contribution in [2.24, 2.45) is 0 Å². The van der Waals surface area contributed by atoms with E-state index in [4.69, 9.17) is 12.2 Å². The van der Waals surface area contributed by atoms with Crippen LogP contribution in [0.3, 0.4) is 0 Å². The van der Waals surface area contributed by atoms with Crippen molar-refractivity contribution in [3.8, 4) is 12.3 Å². The van der Waals surface area contributed by atoms with Gasteiger partial charge in [0.05, 0.1) is 6.54 Å². The fourth-order valence-corrected chi connectivity index (χ4v) is 1.06. The summed E-state index contributed by atoms with van der Waals surface area (Å²) in [6.07, 6.45) is 7.28. The van der Waals surface area contributed by atoms with Gasteiger partial charge in [-0.05, 0) is 6.42 Å². The minimum atomic E-state index is 0.175. The van der Waals surface area contributed by atoms with Crippen LogP contribution in [0.4, 0.5) is 17.8 Å². The summed E-state index contributed by atoms with van der Waals surface area (Å²) in [5.74, 6) is 3.47. The van der Waals surface area contributed by atoms with Crippen LogP contribution in [0, 0.1) is 12.3 Å². The first-order valence-corrected chi connectivity index (χ1v) is 5.19. The Morgan fingerprint density at radius 3 is 2.56 bits per heavy atom. The molecule has 1 aromatic heterocycles. The molecule has 16 heavy (non-hydrogen) atoms. The molecule has 0 aromatic carbocycles. The minimum Gasteiger partial charge on any atom is -0.368 e. The van der Waals surface area contributed by atoms with Gasteiger partial charge in [-0.1, -0.05) is 19.3 Å². The highest BCUT2D eigenvalue weighted by Gasteiger charge is 2.02. The van der Waals surface area contributed by atoms with Crippen LogP contribution < -0.4 is 16.4 Å². The first-order valence-electron chi connectivity index (χ1n) is 5.19. The lowest BCUT2D eigenvalue weighted by Crippen LogP contribution is -2.11. The molecule has 0 radical (unpaired) electrons. The third-order valence-corrected chi connectivity index (χ3v) is 1.81. The zero-order chi connectivity index (χ0) is 11.8. The lowest BCUT2D eigenvalue weighted by molar-refractivity contribution is 0.825. The third kappa shape index (κ3) is 4.00. The van der Waals surface area contributed by atoms with Crippen LogP contribution in [0.25, 0.3) is 0 Å². The molecule has 0 bridgehead atoms. The van der Waals surface area contributed by atoms with Crippen LogP contribution in [0.15, 0.2) is 0 Å². The summed E-state index contributed by atoms with van der Waals surface area (Å²) < 4.78 is 0. The maximum absolute atomic E-state index is 5.54. The van der Waals surface area contributed by atoms with Gasteiger partial charge in [0.15, 0.2) is 0 Å². The number of nitrogens with one attached hydrogen (secondary N) is 2. The molecule has 0 fully saturated rings. The summed E-state index contributed by atoms with van der Waals surface area (Å²) in [6, 6.07) is 0. The standard InChI is InChI=1S/C10H16N6/c1-3-5-7-13-10-15-8(11)14-9(16-10)12-6-4-2/h2H,3,5-7H2,1H3,(H4,11,12,13,14,15,16). The molecule has 0 unspecified atom stereocenters. The number of nitrogens with two attached hydrogens (primary N) is 1. The molecule has 6 heteroatoms. The van der Waals surface area contributed by atoms with Gasteiger partial charge in [-0.3, -0.25) is 0 Å². The Morgan fingerprint density at radius 2 is 1.94 bits per heavy atom. The highest BCUT2D eigenvalue weighted by molar-refractivity contribution is 5.40. The van der Waals surface area contributed by atoms with Crippen LogP contribution in [-0.2, 0) is 0 Å². The second-order valence-corrected chi connectivity index (χ2v) is 3.18. The van der Waals surface area contributed by atoms with E-state index in [-0.39, 0.29) is 5.95 Å². The molecule has 0 saturated carbocycles. The number of aromatic nitrogens is 3. The average Bonchev–Trinajstić information content (AvgIpc) is 2.26. The monoisotopic (exact) mass is 220 g/mol. The van der Waals surface area contributed by atoms with Gasteiger partial charge in [0.2, 0.25) is 17.8 Å². The zero-order valence-corrected chi connectivity index (χ0v) is 9.32. The Hall–Kier alpha value is -2.03. The predicted octanol–water partition coefficient (Wildman–Crippen LogP) is 0.711. The summed E-state index contributed by atoms with van der Waals surface area (Å²) in [5.41, 5.74) is 5.54. The van der Waals surface area contributed by atoms with Crippen LogP contribution in [0.5, 0.6) is 0 Å². The molecule has 0 spiro atoms. The van der Waals surface area contributed by atoms with E-state index in [0.717, 1.165) is 19.4 Å². The molecule has 4 N–H and O–H groups in total. The number of nitrogen functional groups attached to an aromatic ring is 1. The second-order valence-electron chi connectivity index (χ2n) is 3.18. The van der Waals surface area contributed by atoms with Gasteiger partial charge in [0.25, 0.3) is 0 Å². The van der Waals surface area contributed by atoms with E-state index in [0.29, 0.717) is 18.4 Å². The van der Waals surface area contributed by atoms with E-state index in [9.17, 15) is 0 Å². The van der Waals surface area contributed by atoms with Crippen LogP contribution >= 0.6 is 0 Å². The van der Waals surface area contributed by atoms with Crippen LogP contribution in [-0.4, -0.2) is 28.0 Å². The number of rotatable bonds is 6. The molecule has 0 aliphatic heterocycles. The van der Waals surface area contributed by atoms with Gasteiger partial charge in [-0.25, -0.2) is 0 Å². The maximum atomic E-state index is 5.54. The van der Waals surface area contributed by atoms with Crippen LogP contribution in [0.2, 0.25) is 0 Å². The molecule has 6 nitrogen and oxygen atoms in total. The van der Waals surface area contributed by atoms with E-state index in [1.54, 1.807) is 0 Å². The maximum Gasteiger partial charge on any atom is 0.230 e. The Kier molecular flexibility index (Phi) is 4.86. The number of unbranched alkanes of at least 4 members (excludes halogenated alkanes) is 1. The summed E-state index contributed by atoms with van der Waals surface area (Å²) >= 11 is 0. The number of nitrogens with zero attached hydrogens (tertiary/aromatic N) is 3. The molecule has 1 heterocycles. The quantitative estimate of drug-likeness (QED) is 0.483. The Balaban J connectivity index is 2.62. The van der Waals surface area contributed by atoms with E-state index in [1.807, 2.05) is 0 Å². The first kappa shape index (κ1) is 12.0. The first-order chi connectivity index (χ1) is 7.76. The van der Waals surface area contributed by atoms with Crippen molar-refractivity contribution in [2.75, 3.05) is 29.5 Å². The zero-order valence-electron chi connectivity index (χ0n) is 9.32. The van der Waals surface area contributed by atoms with Gasteiger partial charge in [-0.15, -0.1) is 6.42 Å². The van der Waals surface area contributed by atoms with Crippen molar-refractivity contribution in [3.63, 3.8) is 0 Å². The molecule has 1 aromatic rings. The van der Waals surface area contributed by atoms with E-state index in [1.165, 1.54) is 0 Å². The molecule has 86 valence electrons. The minimum absolute atomic E-state index is 0.175. The van der Waals surface area contributed by atoms with Gasteiger partial charge >= 0.3 is 0 Å². The van der Waals surface area contributed by atoms with Gasteiger partial charge < -0.3 is 16.4 Å². The van der Waals surface area contributed by atoms with Gasteiger partial charge in [0, 0.05) is 6.54 Å². The summed E-state index contributed by atoms with van der Waals surface area (Å²) in [7, 11) is 0. The summed E-state index contributed by atoms with van der Waals surface area (Å²) in [5, 5.41) is 5.92. The van der Waals surface area contributed by atoms with Crippen molar-refractivity contribution >= 4 is 17.8 Å². The summed E-state index contributed by atoms with van der Waals surface area (Å²) in [4.78, 5) is 12.0. The van der Waals surface area contributed by atoms with E-state index >= 15 is 0 Å². The fraction of sp³-hybridized carbons (Fsp3) is 0.500. The lowest BCUT2D eigenvalue weighted by atomic mass is 10.3. The van der Waals surface area contributed by atoms with Crippen molar-refractivity contribution < 1.29 is 0 Å². The number of hydrogen-bond donors (Lipinski definition) is 3. The Bertz CT molecular complexity index is 370. The number of hydrogen-bond acceptors (Lipinski definition) is 6. The van der Waals surface area contributed by atoms with E-state index < -0.39 is 0 Å². The average molecular weight is 220 g/mol. The molecule has 0 atom stereocenters. The van der Waals surface area contributed by atoms with Gasteiger partial charge in [-0.2, -0.15) is 15.0 Å². The molecular formula is C10H16N6. The smallest absolute Gasteiger partial charge is 0.230 e. The highest BCUT2D eigenvalue weighted by atomic mass is 15.2. The fourth-order valence-electron chi connectivity index (χ4n) is 1.06. The van der Waals surface area contributed by atoms with Crippen molar-refractivity contribution in [2.45, 2.75) is 19.8 Å². The Morgan fingerprint density at radius 1 is 1.25 bits per heavy atom. The number of anilines is 3. The molecular weight excluding hydrogens is 204 g/mol. The molecule has 0 saturated heterocycles. The largest absolute Gasteiger partial charge is 0.368 e. The molecule has 0 amide bonds. The molecule has 0 aliphatic rings. The van der Waals surface area contributed by atoms with E-state index in [2.05, 4.69) is 38.4 Å². The summed E-state index contributed by atoms with van der Waals surface area (Å²) in [6.45, 7) is 3.29. The van der Waals surface area contributed by atoms with Crippen molar-refractivity contribution in [3.05, 3.63) is 0 Å². The van der Waals surface area contributed by atoms with Crippen molar-refractivity contribution in [1.29, 1.82) is 0 Å². The number of terminal acetylenes is 1. The molecule has 0 aliphatic carbocycles. The third-order valence-electron chi connectivity index (χ3n) is 1.81. The predicted molar refractivity (Wildman–Crippen MR) is 65.0 cm³/mol.